The first kappa shape index (κ1) is 16.5. The van der Waals surface area contributed by atoms with E-state index in [-0.39, 0.29) is 18.0 Å². The highest BCUT2D eigenvalue weighted by Gasteiger charge is 2.27. The van der Waals surface area contributed by atoms with Gasteiger partial charge in [0.1, 0.15) is 17.9 Å². The highest BCUT2D eigenvalue weighted by atomic mass is 16.5. The Labute approximate surface area is 144 Å². The second-order valence-corrected chi connectivity index (χ2v) is 5.32. The highest BCUT2D eigenvalue weighted by Crippen LogP contribution is 2.29. The number of benzene rings is 2. The molecule has 128 valence electrons. The third-order valence-corrected chi connectivity index (χ3v) is 3.73. The zero-order chi connectivity index (χ0) is 17.8. The van der Waals surface area contributed by atoms with E-state index in [4.69, 9.17) is 9.47 Å². The minimum Gasteiger partial charge on any atom is -0.496 e. The predicted octanol–water partition coefficient (Wildman–Crippen LogP) is 1.84. The van der Waals surface area contributed by atoms with Crippen molar-refractivity contribution in [3.63, 3.8) is 0 Å². The number of para-hydroxylation sites is 3. The molecule has 0 aromatic heterocycles. The first-order valence-corrected chi connectivity index (χ1v) is 7.59. The van der Waals surface area contributed by atoms with Crippen LogP contribution in [0.3, 0.4) is 0 Å². The van der Waals surface area contributed by atoms with Crippen LogP contribution in [-0.2, 0) is 14.3 Å². The molecule has 1 aliphatic rings. The van der Waals surface area contributed by atoms with Crippen molar-refractivity contribution >= 4 is 29.2 Å². The number of nitrogens with one attached hydrogen (secondary N) is 1. The molecule has 3 rings (SSSR count). The lowest BCUT2D eigenvalue weighted by atomic mass is 10.2. The summed E-state index contributed by atoms with van der Waals surface area (Å²) in [6.07, 6.45) is 0. The van der Waals surface area contributed by atoms with Crippen LogP contribution in [0, 0.1) is 0 Å². The molecular formula is C18H16N2O5. The number of ether oxygens (including phenoxy) is 2. The van der Waals surface area contributed by atoms with Crippen LogP contribution in [0.25, 0.3) is 0 Å². The molecule has 0 radical (unpaired) electrons. The summed E-state index contributed by atoms with van der Waals surface area (Å²) in [7, 11) is 1.44. The van der Waals surface area contributed by atoms with E-state index >= 15 is 0 Å². The molecule has 0 unspecified atom stereocenters. The van der Waals surface area contributed by atoms with E-state index in [2.05, 4.69) is 5.32 Å². The van der Waals surface area contributed by atoms with Crippen molar-refractivity contribution in [2.24, 2.45) is 0 Å². The first-order valence-electron chi connectivity index (χ1n) is 7.59. The number of hydrogen-bond acceptors (Lipinski definition) is 5. The minimum absolute atomic E-state index is 0.123. The van der Waals surface area contributed by atoms with Crippen LogP contribution in [0.4, 0.5) is 11.4 Å². The monoisotopic (exact) mass is 340 g/mol. The van der Waals surface area contributed by atoms with Gasteiger partial charge in [-0.2, -0.15) is 0 Å². The quantitative estimate of drug-likeness (QED) is 0.859. The Kier molecular flexibility index (Phi) is 4.65. The van der Waals surface area contributed by atoms with Gasteiger partial charge in [0.25, 0.3) is 5.91 Å². The zero-order valence-corrected chi connectivity index (χ0v) is 13.5. The van der Waals surface area contributed by atoms with Gasteiger partial charge in [-0.05, 0) is 24.3 Å². The van der Waals surface area contributed by atoms with E-state index in [9.17, 15) is 14.4 Å². The maximum atomic E-state index is 12.4. The lowest BCUT2D eigenvalue weighted by molar-refractivity contribution is -0.124. The number of esters is 1. The van der Waals surface area contributed by atoms with Crippen LogP contribution in [0.15, 0.2) is 48.5 Å². The molecule has 1 N–H and O–H groups in total. The molecule has 25 heavy (non-hydrogen) atoms. The van der Waals surface area contributed by atoms with Gasteiger partial charge in [-0.1, -0.05) is 24.3 Å². The number of methoxy groups -OCH3 is 1. The van der Waals surface area contributed by atoms with E-state index < -0.39 is 18.5 Å². The van der Waals surface area contributed by atoms with Crippen LogP contribution < -0.4 is 15.0 Å². The third kappa shape index (κ3) is 3.45. The number of carbonyl (C=O) groups excluding carboxylic acids is 3. The molecule has 2 aromatic rings. The number of anilines is 2. The van der Waals surface area contributed by atoms with Gasteiger partial charge in [-0.15, -0.1) is 0 Å². The van der Waals surface area contributed by atoms with Crippen LogP contribution in [0.2, 0.25) is 0 Å². The molecule has 0 saturated heterocycles. The molecule has 7 heteroatoms. The van der Waals surface area contributed by atoms with Crippen LogP contribution in [-0.4, -0.2) is 38.0 Å². The molecule has 1 aliphatic heterocycles. The Balaban J connectivity index is 1.71. The van der Waals surface area contributed by atoms with E-state index in [1.807, 2.05) is 0 Å². The van der Waals surface area contributed by atoms with Crippen molar-refractivity contribution < 1.29 is 23.9 Å². The third-order valence-electron chi connectivity index (χ3n) is 3.73. The smallest absolute Gasteiger partial charge is 0.342 e. The Morgan fingerprint density at radius 1 is 1.12 bits per heavy atom. The predicted molar refractivity (Wildman–Crippen MR) is 90.7 cm³/mol. The highest BCUT2D eigenvalue weighted by molar-refractivity contribution is 6.10. The number of amides is 2. The van der Waals surface area contributed by atoms with E-state index in [0.29, 0.717) is 17.1 Å². The number of rotatable bonds is 4. The molecular weight excluding hydrogens is 324 g/mol. The number of nitrogens with zero attached hydrogens (tertiary/aromatic N) is 1. The summed E-state index contributed by atoms with van der Waals surface area (Å²) in [6.45, 7) is -0.597. The standard InChI is InChI=1S/C18H16N2O5/c1-24-15-9-5-2-6-12(15)18(23)25-11-17(22)20-10-16(21)19-13-7-3-4-8-14(13)20/h2-9H,10-11H2,1H3,(H,19,21). The van der Waals surface area contributed by atoms with E-state index in [1.54, 1.807) is 48.5 Å². The van der Waals surface area contributed by atoms with Crippen molar-refractivity contribution in [3.05, 3.63) is 54.1 Å². The van der Waals surface area contributed by atoms with Crippen molar-refractivity contribution in [3.8, 4) is 5.75 Å². The van der Waals surface area contributed by atoms with Crippen LogP contribution >= 0.6 is 0 Å². The summed E-state index contributed by atoms with van der Waals surface area (Å²) in [4.78, 5) is 37.7. The van der Waals surface area contributed by atoms with Crippen molar-refractivity contribution in [2.45, 2.75) is 0 Å². The summed E-state index contributed by atoms with van der Waals surface area (Å²) in [5, 5.41) is 2.69. The summed E-state index contributed by atoms with van der Waals surface area (Å²) in [6, 6.07) is 13.5. The largest absolute Gasteiger partial charge is 0.496 e. The zero-order valence-electron chi connectivity index (χ0n) is 13.5. The molecule has 0 atom stereocenters. The van der Waals surface area contributed by atoms with Crippen molar-refractivity contribution in [1.29, 1.82) is 0 Å². The fourth-order valence-electron chi connectivity index (χ4n) is 2.55. The van der Waals surface area contributed by atoms with E-state index in [1.165, 1.54) is 12.0 Å². The molecule has 0 saturated carbocycles. The van der Waals surface area contributed by atoms with Gasteiger partial charge in [-0.25, -0.2) is 4.79 Å². The van der Waals surface area contributed by atoms with Crippen LogP contribution in [0.5, 0.6) is 5.75 Å². The molecule has 0 bridgehead atoms. The Morgan fingerprint density at radius 3 is 2.64 bits per heavy atom. The number of carbonyl (C=O) groups is 3. The molecule has 7 nitrogen and oxygen atoms in total. The van der Waals surface area contributed by atoms with Gasteiger partial charge in [0, 0.05) is 0 Å². The van der Waals surface area contributed by atoms with Crippen LogP contribution in [0.1, 0.15) is 10.4 Å². The first-order chi connectivity index (χ1) is 12.1. The second kappa shape index (κ2) is 7.04. The molecule has 0 aliphatic carbocycles. The Morgan fingerprint density at radius 2 is 1.84 bits per heavy atom. The average Bonchev–Trinajstić information content (AvgIpc) is 2.65. The lowest BCUT2D eigenvalue weighted by Gasteiger charge is -2.28. The topological polar surface area (TPSA) is 84.9 Å². The molecule has 1 heterocycles. The van der Waals surface area contributed by atoms with Gasteiger partial charge >= 0.3 is 5.97 Å². The van der Waals surface area contributed by atoms with E-state index in [0.717, 1.165) is 0 Å². The molecule has 0 spiro atoms. The average molecular weight is 340 g/mol. The Hall–Kier alpha value is -3.35. The summed E-state index contributed by atoms with van der Waals surface area (Å²) >= 11 is 0. The maximum absolute atomic E-state index is 12.4. The van der Waals surface area contributed by atoms with Gasteiger partial charge in [0.05, 0.1) is 18.5 Å². The number of hydrogen-bond donors (Lipinski definition) is 1. The maximum Gasteiger partial charge on any atom is 0.342 e. The normalized spacial score (nSPS) is 12.8. The van der Waals surface area contributed by atoms with Gasteiger partial charge in [0.15, 0.2) is 6.61 Å². The fourth-order valence-corrected chi connectivity index (χ4v) is 2.55. The SMILES string of the molecule is COc1ccccc1C(=O)OCC(=O)N1CC(=O)Nc2ccccc21. The summed E-state index contributed by atoms with van der Waals surface area (Å²) in [5.41, 5.74) is 1.35. The summed E-state index contributed by atoms with van der Waals surface area (Å²) < 4.78 is 10.2. The Bertz CT molecular complexity index is 834. The number of fused-ring (bicyclic) bond motifs is 1. The lowest BCUT2D eigenvalue weighted by Crippen LogP contribution is -2.44. The summed E-state index contributed by atoms with van der Waals surface area (Å²) in [5.74, 6) is -1.09. The molecule has 0 fully saturated rings. The van der Waals surface area contributed by atoms with Crippen molar-refractivity contribution in [1.82, 2.24) is 0 Å². The molecule has 2 amide bonds. The second-order valence-electron chi connectivity index (χ2n) is 5.32. The van der Waals surface area contributed by atoms with Crippen molar-refractivity contribution in [2.75, 3.05) is 30.5 Å². The minimum atomic E-state index is -0.666. The van der Waals surface area contributed by atoms with Gasteiger partial charge in [-0.3, -0.25) is 14.5 Å². The fraction of sp³-hybridized carbons (Fsp3) is 0.167. The molecule has 2 aromatic carbocycles. The van der Waals surface area contributed by atoms with Gasteiger partial charge < -0.3 is 14.8 Å². The van der Waals surface area contributed by atoms with Gasteiger partial charge in [0.2, 0.25) is 5.91 Å².